The van der Waals surface area contributed by atoms with E-state index in [1.807, 2.05) is 0 Å². The minimum absolute atomic E-state index is 0.00763. The van der Waals surface area contributed by atoms with E-state index in [0.717, 1.165) is 69.9 Å². The first kappa shape index (κ1) is 38.4. The van der Waals surface area contributed by atoms with Crippen LogP contribution < -0.4 is 4.74 Å². The minimum Gasteiger partial charge on any atom is -0.487 e. The second-order valence-electron chi connectivity index (χ2n) is 19.0. The molecule has 1 heterocycles. The Bertz CT molecular complexity index is 1720. The number of benzene rings is 1. The maximum Gasteiger partial charge on any atom is 0.416 e. The molecule has 10 heteroatoms. The number of alkyl halides is 3. The van der Waals surface area contributed by atoms with E-state index >= 15 is 0 Å². The van der Waals surface area contributed by atoms with Crippen molar-refractivity contribution in [3.63, 3.8) is 0 Å². The molecule has 292 valence electrons. The van der Waals surface area contributed by atoms with Gasteiger partial charge in [-0.2, -0.15) is 13.2 Å². The van der Waals surface area contributed by atoms with Crippen LogP contribution in [-0.2, 0) is 28.9 Å². The summed E-state index contributed by atoms with van der Waals surface area (Å²) in [5.74, 6) is 2.19. The average Bonchev–Trinajstić information content (AvgIpc) is 3.57. The Kier molecular flexibility index (Phi) is 9.71. The van der Waals surface area contributed by atoms with Crippen LogP contribution in [0.3, 0.4) is 0 Å². The molecule has 0 bridgehead atoms. The van der Waals surface area contributed by atoms with E-state index in [4.69, 9.17) is 9.47 Å². The molecular formula is C43H60F3N3O4. The fraction of sp³-hybridized carbons (Fsp3) is 0.744. The van der Waals surface area contributed by atoms with Gasteiger partial charge in [-0.3, -0.25) is 9.48 Å². The molecule has 5 aliphatic carbocycles. The fourth-order valence-corrected chi connectivity index (χ4v) is 12.8. The first-order valence-electron chi connectivity index (χ1n) is 20.1. The zero-order valence-corrected chi connectivity index (χ0v) is 32.8. The van der Waals surface area contributed by atoms with E-state index < -0.39 is 17.2 Å². The van der Waals surface area contributed by atoms with Gasteiger partial charge in [0.1, 0.15) is 18.1 Å². The number of aryl methyl sites for hydroxylation is 1. The number of aliphatic hydroxyl groups is 1. The van der Waals surface area contributed by atoms with Gasteiger partial charge in [0.2, 0.25) is 0 Å². The number of rotatable bonds is 8. The summed E-state index contributed by atoms with van der Waals surface area (Å²) >= 11 is 0. The molecule has 2 aromatic rings. The Morgan fingerprint density at radius 1 is 1.00 bits per heavy atom. The minimum atomic E-state index is -4.44. The van der Waals surface area contributed by atoms with E-state index in [1.54, 1.807) is 10.9 Å². The predicted molar refractivity (Wildman–Crippen MR) is 196 cm³/mol. The lowest BCUT2D eigenvalue weighted by Crippen LogP contribution is -2.65. The van der Waals surface area contributed by atoms with E-state index in [9.17, 15) is 23.1 Å². The summed E-state index contributed by atoms with van der Waals surface area (Å²) < 4.78 is 52.6. The highest BCUT2D eigenvalue weighted by atomic mass is 19.4. The Labute approximate surface area is 313 Å². The highest BCUT2D eigenvalue weighted by Crippen LogP contribution is 2.75. The molecule has 7 nitrogen and oxygen atoms in total. The van der Waals surface area contributed by atoms with Crippen molar-refractivity contribution in [2.45, 2.75) is 138 Å². The van der Waals surface area contributed by atoms with E-state index in [2.05, 4.69) is 64.9 Å². The maximum absolute atomic E-state index is 14.4. The molecule has 53 heavy (non-hydrogen) atoms. The lowest BCUT2D eigenvalue weighted by molar-refractivity contribution is -0.207. The van der Waals surface area contributed by atoms with Crippen LogP contribution in [-0.4, -0.2) is 38.8 Å². The third-order valence-corrected chi connectivity index (χ3v) is 16.3. The number of carbonyl (C=O) groups is 1. The van der Waals surface area contributed by atoms with Crippen molar-refractivity contribution in [3.8, 4) is 5.75 Å². The van der Waals surface area contributed by atoms with Gasteiger partial charge in [0.05, 0.1) is 29.9 Å². The van der Waals surface area contributed by atoms with Gasteiger partial charge in [-0.25, -0.2) is 0 Å². The molecule has 0 spiro atoms. The molecule has 4 saturated carbocycles. The number of hydrogen-bond acceptors (Lipinski definition) is 6. The molecule has 0 aliphatic heterocycles. The van der Waals surface area contributed by atoms with Gasteiger partial charge < -0.3 is 14.6 Å². The van der Waals surface area contributed by atoms with Crippen LogP contribution in [0.15, 0.2) is 42.1 Å². The van der Waals surface area contributed by atoms with Gasteiger partial charge in [-0.05, 0) is 127 Å². The summed E-state index contributed by atoms with van der Waals surface area (Å²) in [5.41, 5.74) is 0.988. The van der Waals surface area contributed by atoms with Crippen LogP contribution in [0.1, 0.15) is 124 Å². The van der Waals surface area contributed by atoms with Crippen LogP contribution in [0, 0.1) is 56.7 Å². The number of ether oxygens (including phenoxy) is 2. The maximum atomic E-state index is 14.4. The molecule has 0 amide bonds. The Balaban J connectivity index is 1.02. The highest BCUT2D eigenvalue weighted by Gasteiger charge is 2.69. The van der Waals surface area contributed by atoms with Crippen molar-refractivity contribution < 1.29 is 32.5 Å². The molecule has 7 rings (SSSR count). The topological polar surface area (TPSA) is 86.5 Å². The fourth-order valence-electron chi connectivity index (χ4n) is 12.8. The van der Waals surface area contributed by atoms with Crippen molar-refractivity contribution in [2.24, 2.45) is 56.7 Å². The van der Waals surface area contributed by atoms with Crippen LogP contribution in [0.4, 0.5) is 13.2 Å². The summed E-state index contributed by atoms with van der Waals surface area (Å²) in [6, 6.07) is 4.78. The van der Waals surface area contributed by atoms with Crippen molar-refractivity contribution in [3.05, 3.63) is 53.4 Å². The second-order valence-corrected chi connectivity index (χ2v) is 19.0. The zero-order valence-electron chi connectivity index (χ0n) is 32.8. The number of carbonyl (C=O) groups excluding carboxylic acids is 1. The smallest absolute Gasteiger partial charge is 0.416 e. The van der Waals surface area contributed by atoms with Gasteiger partial charge >= 0.3 is 12.1 Å². The van der Waals surface area contributed by atoms with Gasteiger partial charge in [0.15, 0.2) is 0 Å². The molecular weight excluding hydrogens is 679 g/mol. The third kappa shape index (κ3) is 6.15. The summed E-state index contributed by atoms with van der Waals surface area (Å²) in [5, 5.41) is 19.3. The van der Waals surface area contributed by atoms with E-state index in [0.29, 0.717) is 42.3 Å². The number of nitrogens with zero attached hydrogens (tertiary/aromatic N) is 3. The number of halogens is 3. The molecule has 1 aromatic carbocycles. The summed E-state index contributed by atoms with van der Waals surface area (Å²) in [4.78, 5) is 14.4. The van der Waals surface area contributed by atoms with Gasteiger partial charge in [0.25, 0.3) is 0 Å². The van der Waals surface area contributed by atoms with Crippen molar-refractivity contribution in [2.75, 3.05) is 6.61 Å². The van der Waals surface area contributed by atoms with Crippen LogP contribution >= 0.6 is 0 Å². The van der Waals surface area contributed by atoms with Crippen LogP contribution in [0.25, 0.3) is 0 Å². The second kappa shape index (κ2) is 13.4. The number of aromatic nitrogens is 3. The van der Waals surface area contributed by atoms with E-state index in [1.165, 1.54) is 17.7 Å². The SMILES string of the molecule is C[C@H]1[C@H](C)CC[C@]2(C(=O)OCCCn3cc(COc4cccc(C(F)(F)F)c4)nn3)CC[C@]3(C)C(=CC[C@@H]4[C@@]5(C)CC[C@H](O)C(C)(C)C5CC[C@]43C)[C@H]12. The van der Waals surface area contributed by atoms with Crippen molar-refractivity contribution in [1.29, 1.82) is 0 Å². The van der Waals surface area contributed by atoms with Crippen molar-refractivity contribution >= 4 is 5.97 Å². The summed E-state index contributed by atoms with van der Waals surface area (Å²) in [6.45, 7) is 17.8. The molecule has 0 radical (unpaired) electrons. The average molecular weight is 740 g/mol. The first-order valence-corrected chi connectivity index (χ1v) is 20.1. The number of hydrogen-bond donors (Lipinski definition) is 1. The molecule has 4 fully saturated rings. The van der Waals surface area contributed by atoms with E-state index in [-0.39, 0.29) is 58.6 Å². The monoisotopic (exact) mass is 739 g/mol. The largest absolute Gasteiger partial charge is 0.487 e. The number of fused-ring (bicyclic) bond motifs is 7. The molecule has 5 aliphatic rings. The number of allylic oxidation sites excluding steroid dienone is 2. The molecule has 1 N–H and O–H groups in total. The quantitative estimate of drug-likeness (QED) is 0.165. The zero-order chi connectivity index (χ0) is 38.2. The molecule has 1 aromatic heterocycles. The number of esters is 1. The molecule has 10 atom stereocenters. The Morgan fingerprint density at radius 2 is 1.77 bits per heavy atom. The normalized spacial score (nSPS) is 39.1. The highest BCUT2D eigenvalue weighted by molar-refractivity contribution is 5.79. The summed E-state index contributed by atoms with van der Waals surface area (Å²) in [6.07, 6.45) is 9.25. The Hall–Kier alpha value is -2.88. The molecule has 1 unspecified atom stereocenters. The van der Waals surface area contributed by atoms with Gasteiger partial charge in [0, 0.05) is 13.0 Å². The summed E-state index contributed by atoms with van der Waals surface area (Å²) in [7, 11) is 0. The van der Waals surface area contributed by atoms with Crippen LogP contribution in [0.2, 0.25) is 0 Å². The standard InChI is InChI=1S/C43H60F3N3O4/c1-27-14-19-42(37(51)52-23-9-22-49-25-30(47-48-49)26-53-31-11-8-10-29(24-31)43(44,45)46)21-20-40(6)32(36(42)28(27)2)12-13-34-39(5)17-16-35(50)38(3,4)33(39)15-18-41(34,40)7/h8,10-12,24-25,27-28,33-36,50H,9,13-23,26H2,1-7H3/t27-,28+,33?,34-,35+,36+,39+,40-,41-,42+/m1/s1. The van der Waals surface area contributed by atoms with Gasteiger partial charge in [-0.1, -0.05) is 71.4 Å². The van der Waals surface area contributed by atoms with Crippen molar-refractivity contribution in [1.82, 2.24) is 15.0 Å². The predicted octanol–water partition coefficient (Wildman–Crippen LogP) is 9.83. The van der Waals surface area contributed by atoms with Gasteiger partial charge in [-0.15, -0.1) is 5.10 Å². The lowest BCUT2D eigenvalue weighted by Gasteiger charge is -2.71. The first-order chi connectivity index (χ1) is 24.9. The number of aliphatic hydroxyl groups excluding tert-OH is 1. The third-order valence-electron chi connectivity index (χ3n) is 16.3. The molecule has 0 saturated heterocycles. The Morgan fingerprint density at radius 3 is 2.53 bits per heavy atom. The van der Waals surface area contributed by atoms with Crippen LogP contribution in [0.5, 0.6) is 5.75 Å². The lowest BCUT2D eigenvalue weighted by atomic mass is 9.33.